The van der Waals surface area contributed by atoms with Crippen LogP contribution in [0.1, 0.15) is 20.8 Å². The number of carbonyl (C=O) groups excluding carboxylic acids is 2. The molecule has 0 aliphatic carbocycles. The lowest BCUT2D eigenvalue weighted by atomic mass is 10.2. The number of rotatable bonds is 4. The van der Waals surface area contributed by atoms with Crippen molar-refractivity contribution in [2.75, 3.05) is 20.2 Å². The fraction of sp³-hybridized carbons (Fsp3) is 0.300. The van der Waals surface area contributed by atoms with Gasteiger partial charge in [-0.05, 0) is 12.1 Å². The predicted octanol–water partition coefficient (Wildman–Crippen LogP) is -0.755. The number of hydrogen-bond acceptors (Lipinski definition) is 4. The molecule has 0 unspecified atom stereocenters. The average Bonchev–Trinajstić information content (AvgIpc) is 2.28. The Morgan fingerprint density at radius 1 is 1.50 bits per heavy atom. The number of aliphatic hydroxyl groups excluding tert-OH is 1. The average molecular weight is 223 g/mol. The molecule has 1 heterocycles. The second kappa shape index (κ2) is 5.22. The lowest BCUT2D eigenvalue weighted by molar-refractivity contribution is 0.0766. The maximum Gasteiger partial charge on any atom is 0.267 e. The Kier molecular flexibility index (Phi) is 3.96. The summed E-state index contributed by atoms with van der Waals surface area (Å²) in [5.74, 6) is -0.903. The molecular weight excluding hydrogens is 210 g/mol. The summed E-state index contributed by atoms with van der Waals surface area (Å²) in [6.07, 6.45) is 1.29. The van der Waals surface area contributed by atoms with E-state index in [0.29, 0.717) is 5.56 Å². The van der Waals surface area contributed by atoms with E-state index in [0.717, 1.165) is 0 Å². The van der Waals surface area contributed by atoms with Gasteiger partial charge in [0.05, 0.1) is 12.2 Å². The van der Waals surface area contributed by atoms with Crippen molar-refractivity contribution in [3.05, 3.63) is 29.6 Å². The topological polar surface area (TPSA) is 96.5 Å². The Labute approximate surface area is 92.7 Å². The van der Waals surface area contributed by atoms with Gasteiger partial charge in [-0.1, -0.05) is 0 Å². The number of aromatic nitrogens is 1. The first-order valence-corrected chi connectivity index (χ1v) is 4.68. The molecule has 0 saturated carbocycles. The normalized spacial score (nSPS) is 9.88. The zero-order valence-corrected chi connectivity index (χ0v) is 8.88. The lowest BCUT2D eigenvalue weighted by Gasteiger charge is -2.15. The minimum Gasteiger partial charge on any atom is -0.395 e. The predicted molar refractivity (Wildman–Crippen MR) is 56.8 cm³/mol. The van der Waals surface area contributed by atoms with Crippen molar-refractivity contribution in [3.63, 3.8) is 0 Å². The lowest BCUT2D eigenvalue weighted by Crippen LogP contribution is -2.29. The van der Waals surface area contributed by atoms with E-state index in [1.54, 1.807) is 7.05 Å². The maximum atomic E-state index is 11.7. The molecule has 1 rings (SSSR count). The van der Waals surface area contributed by atoms with Crippen LogP contribution in [-0.2, 0) is 0 Å². The van der Waals surface area contributed by atoms with Crippen molar-refractivity contribution in [2.45, 2.75) is 0 Å². The van der Waals surface area contributed by atoms with E-state index in [4.69, 9.17) is 10.8 Å². The molecule has 0 bridgehead atoms. The van der Waals surface area contributed by atoms with E-state index in [1.165, 1.54) is 23.2 Å². The number of nitrogens with two attached hydrogens (primary N) is 1. The van der Waals surface area contributed by atoms with Crippen LogP contribution in [-0.4, -0.2) is 47.0 Å². The first-order chi connectivity index (χ1) is 7.56. The summed E-state index contributed by atoms with van der Waals surface area (Å²) in [5.41, 5.74) is 5.48. The first-order valence-electron chi connectivity index (χ1n) is 4.68. The number of aliphatic hydroxyl groups is 1. The van der Waals surface area contributed by atoms with Crippen molar-refractivity contribution in [3.8, 4) is 0 Å². The van der Waals surface area contributed by atoms with E-state index in [2.05, 4.69) is 4.98 Å². The summed E-state index contributed by atoms with van der Waals surface area (Å²) in [6, 6.07) is 2.87. The van der Waals surface area contributed by atoms with Gasteiger partial charge in [-0.3, -0.25) is 14.6 Å². The summed E-state index contributed by atoms with van der Waals surface area (Å²) in [7, 11) is 1.57. The van der Waals surface area contributed by atoms with Crippen LogP contribution < -0.4 is 5.73 Å². The number of amides is 2. The van der Waals surface area contributed by atoms with Crippen molar-refractivity contribution in [1.82, 2.24) is 9.88 Å². The summed E-state index contributed by atoms with van der Waals surface area (Å²) in [6.45, 7) is 0.144. The molecule has 16 heavy (non-hydrogen) atoms. The number of primary amides is 1. The Morgan fingerprint density at radius 3 is 2.62 bits per heavy atom. The van der Waals surface area contributed by atoms with Crippen LogP contribution in [0.4, 0.5) is 0 Å². The molecule has 0 radical (unpaired) electrons. The highest BCUT2D eigenvalue weighted by Gasteiger charge is 2.12. The number of likely N-dealkylation sites (N-methyl/N-ethyl adjacent to an activating group) is 1. The Morgan fingerprint density at radius 2 is 2.19 bits per heavy atom. The third-order valence-electron chi connectivity index (χ3n) is 2.04. The molecule has 6 nitrogen and oxygen atoms in total. The van der Waals surface area contributed by atoms with Gasteiger partial charge in [0.25, 0.3) is 11.8 Å². The van der Waals surface area contributed by atoms with Crippen molar-refractivity contribution >= 4 is 11.8 Å². The van der Waals surface area contributed by atoms with Gasteiger partial charge in [-0.2, -0.15) is 0 Å². The fourth-order valence-corrected chi connectivity index (χ4v) is 1.14. The van der Waals surface area contributed by atoms with Gasteiger partial charge in [0.1, 0.15) is 5.69 Å². The van der Waals surface area contributed by atoms with Crippen LogP contribution >= 0.6 is 0 Å². The third-order valence-corrected chi connectivity index (χ3v) is 2.04. The smallest absolute Gasteiger partial charge is 0.267 e. The van der Waals surface area contributed by atoms with Gasteiger partial charge in [0.2, 0.25) is 0 Å². The van der Waals surface area contributed by atoms with Gasteiger partial charge >= 0.3 is 0 Å². The van der Waals surface area contributed by atoms with Gasteiger partial charge in [-0.25, -0.2) is 0 Å². The standard InChI is InChI=1S/C10H13N3O3/c1-13(4-5-14)10(16)7-2-3-8(9(11)15)12-6-7/h2-3,6,14H,4-5H2,1H3,(H2,11,15). The van der Waals surface area contributed by atoms with Gasteiger partial charge < -0.3 is 15.7 Å². The van der Waals surface area contributed by atoms with Crippen molar-refractivity contribution < 1.29 is 14.7 Å². The van der Waals surface area contributed by atoms with Gasteiger partial charge in [0.15, 0.2) is 0 Å². The van der Waals surface area contributed by atoms with Crippen LogP contribution in [0.25, 0.3) is 0 Å². The molecule has 2 amide bonds. The third kappa shape index (κ3) is 2.77. The van der Waals surface area contributed by atoms with E-state index in [-0.39, 0.29) is 24.8 Å². The molecule has 0 aliphatic rings. The number of carbonyl (C=O) groups is 2. The minimum atomic E-state index is -0.636. The molecule has 0 atom stereocenters. The largest absolute Gasteiger partial charge is 0.395 e. The van der Waals surface area contributed by atoms with Crippen LogP contribution in [0, 0.1) is 0 Å². The Hall–Kier alpha value is -1.95. The van der Waals surface area contributed by atoms with E-state index in [9.17, 15) is 9.59 Å². The molecule has 0 saturated heterocycles. The molecule has 86 valence electrons. The van der Waals surface area contributed by atoms with E-state index in [1.807, 2.05) is 0 Å². The SMILES string of the molecule is CN(CCO)C(=O)c1ccc(C(N)=O)nc1. The molecule has 0 fully saturated rings. The number of nitrogens with zero attached hydrogens (tertiary/aromatic N) is 2. The van der Waals surface area contributed by atoms with Crippen molar-refractivity contribution in [2.24, 2.45) is 5.73 Å². The second-order valence-electron chi connectivity index (χ2n) is 3.25. The Bertz CT molecular complexity index is 389. The molecule has 0 spiro atoms. The first kappa shape index (κ1) is 12.1. The van der Waals surface area contributed by atoms with Crippen LogP contribution in [0.3, 0.4) is 0 Å². The molecule has 0 aliphatic heterocycles. The highest BCUT2D eigenvalue weighted by molar-refractivity contribution is 5.95. The van der Waals surface area contributed by atoms with Gasteiger partial charge in [0, 0.05) is 19.8 Å². The van der Waals surface area contributed by atoms with Crippen LogP contribution in [0.5, 0.6) is 0 Å². The summed E-state index contributed by atoms with van der Waals surface area (Å²) < 4.78 is 0. The number of pyridine rings is 1. The highest BCUT2D eigenvalue weighted by atomic mass is 16.3. The zero-order chi connectivity index (χ0) is 12.1. The Balaban J connectivity index is 2.81. The number of hydrogen-bond donors (Lipinski definition) is 2. The molecule has 1 aromatic heterocycles. The molecule has 0 aromatic carbocycles. The maximum absolute atomic E-state index is 11.7. The minimum absolute atomic E-state index is 0.102. The van der Waals surface area contributed by atoms with Crippen molar-refractivity contribution in [1.29, 1.82) is 0 Å². The van der Waals surface area contributed by atoms with E-state index < -0.39 is 5.91 Å². The second-order valence-corrected chi connectivity index (χ2v) is 3.25. The summed E-state index contributed by atoms with van der Waals surface area (Å²) in [4.78, 5) is 27.5. The van der Waals surface area contributed by atoms with Crippen LogP contribution in [0.2, 0.25) is 0 Å². The van der Waals surface area contributed by atoms with Gasteiger partial charge in [-0.15, -0.1) is 0 Å². The quantitative estimate of drug-likeness (QED) is 0.701. The summed E-state index contributed by atoms with van der Waals surface area (Å²) >= 11 is 0. The van der Waals surface area contributed by atoms with Crippen LogP contribution in [0.15, 0.2) is 18.3 Å². The highest BCUT2D eigenvalue weighted by Crippen LogP contribution is 2.03. The molecule has 6 heteroatoms. The molecular formula is C10H13N3O3. The summed E-state index contributed by atoms with van der Waals surface area (Å²) in [5, 5.41) is 8.68. The molecule has 3 N–H and O–H groups in total. The fourth-order valence-electron chi connectivity index (χ4n) is 1.14. The molecule has 1 aromatic rings. The van der Waals surface area contributed by atoms with E-state index >= 15 is 0 Å². The monoisotopic (exact) mass is 223 g/mol. The zero-order valence-electron chi connectivity index (χ0n) is 8.88.